The lowest BCUT2D eigenvalue weighted by molar-refractivity contribution is 0.103. The molecule has 0 radical (unpaired) electrons. The van der Waals surface area contributed by atoms with Gasteiger partial charge in [0.05, 0.1) is 23.3 Å². The molecule has 0 aliphatic heterocycles. The quantitative estimate of drug-likeness (QED) is 0.621. The fourth-order valence-corrected chi connectivity index (χ4v) is 4.16. The minimum Gasteiger partial charge on any atom is -0.496 e. The third-order valence-electron chi connectivity index (χ3n) is 4.06. The highest BCUT2D eigenvalue weighted by molar-refractivity contribution is 7.90. The van der Waals surface area contributed by atoms with Crippen molar-refractivity contribution in [3.05, 3.63) is 95.6 Å². The number of hydrogen-bond acceptors (Lipinski definition) is 4. The highest BCUT2D eigenvalue weighted by Gasteiger charge is 2.21. The summed E-state index contributed by atoms with van der Waals surface area (Å²) < 4.78 is 30.7. The summed E-state index contributed by atoms with van der Waals surface area (Å²) >= 11 is 0. The smallest absolute Gasteiger partial charge is 0.197 e. The molecule has 0 spiro atoms. The molecule has 4 nitrogen and oxygen atoms in total. The Morgan fingerprint density at radius 2 is 1.38 bits per heavy atom. The van der Waals surface area contributed by atoms with Crippen molar-refractivity contribution in [3.8, 4) is 5.75 Å². The average Bonchev–Trinajstić information content (AvgIpc) is 2.68. The van der Waals surface area contributed by atoms with E-state index < -0.39 is 9.84 Å². The third-order valence-corrected chi connectivity index (χ3v) is 5.74. The monoisotopic (exact) mass is 366 g/mol. The number of hydrogen-bond donors (Lipinski definition) is 0. The van der Waals surface area contributed by atoms with Gasteiger partial charge >= 0.3 is 0 Å². The van der Waals surface area contributed by atoms with Gasteiger partial charge in [0.2, 0.25) is 0 Å². The molecule has 26 heavy (non-hydrogen) atoms. The first-order valence-corrected chi connectivity index (χ1v) is 9.71. The first kappa shape index (κ1) is 17.9. The molecular weight excluding hydrogens is 348 g/mol. The number of rotatable bonds is 6. The van der Waals surface area contributed by atoms with Crippen molar-refractivity contribution in [2.45, 2.75) is 10.6 Å². The second-order valence-electron chi connectivity index (χ2n) is 5.76. The van der Waals surface area contributed by atoms with E-state index in [0.717, 1.165) is 0 Å². The lowest BCUT2D eigenvalue weighted by atomic mass is 9.98. The SMILES string of the molecule is COc1ccccc1C(=O)c1ccccc1CS(=O)(=O)c1ccccc1. The topological polar surface area (TPSA) is 60.4 Å². The predicted octanol–water partition coefficient (Wildman–Crippen LogP) is 3.90. The van der Waals surface area contributed by atoms with E-state index in [2.05, 4.69) is 0 Å². The molecule has 0 aliphatic rings. The number of para-hydroxylation sites is 1. The maximum absolute atomic E-state index is 13.0. The van der Waals surface area contributed by atoms with Crippen molar-refractivity contribution in [1.82, 2.24) is 0 Å². The Kier molecular flexibility index (Phi) is 5.19. The summed E-state index contributed by atoms with van der Waals surface area (Å²) in [6.45, 7) is 0. The zero-order valence-corrected chi connectivity index (χ0v) is 15.1. The summed E-state index contributed by atoms with van der Waals surface area (Å²) in [5, 5.41) is 0. The van der Waals surface area contributed by atoms with E-state index in [-0.39, 0.29) is 16.4 Å². The van der Waals surface area contributed by atoms with E-state index in [0.29, 0.717) is 22.4 Å². The summed E-state index contributed by atoms with van der Waals surface area (Å²) in [7, 11) is -2.05. The number of ketones is 1. The van der Waals surface area contributed by atoms with Gasteiger partial charge in [0.1, 0.15) is 5.75 Å². The van der Waals surface area contributed by atoms with Crippen LogP contribution in [-0.4, -0.2) is 21.3 Å². The second-order valence-corrected chi connectivity index (χ2v) is 7.75. The molecule has 0 heterocycles. The van der Waals surface area contributed by atoms with Crippen molar-refractivity contribution in [3.63, 3.8) is 0 Å². The summed E-state index contributed by atoms with van der Waals surface area (Å²) in [4.78, 5) is 13.2. The van der Waals surface area contributed by atoms with Crippen LogP contribution in [0.1, 0.15) is 21.5 Å². The Labute approximate surface area is 153 Å². The number of benzene rings is 3. The van der Waals surface area contributed by atoms with Gasteiger partial charge in [0.15, 0.2) is 15.6 Å². The Hall–Kier alpha value is -2.92. The molecule has 3 rings (SSSR count). The van der Waals surface area contributed by atoms with Gasteiger partial charge in [0.25, 0.3) is 0 Å². The number of methoxy groups -OCH3 is 1. The molecule has 3 aromatic carbocycles. The standard InChI is InChI=1S/C21H18O4S/c1-25-20-14-8-7-13-19(20)21(22)18-12-6-5-9-16(18)15-26(23,24)17-10-3-2-4-11-17/h2-14H,15H2,1H3. The number of carbonyl (C=O) groups excluding carboxylic acids is 1. The van der Waals surface area contributed by atoms with Crippen molar-refractivity contribution in [1.29, 1.82) is 0 Å². The predicted molar refractivity (Wildman–Crippen MR) is 100 cm³/mol. The van der Waals surface area contributed by atoms with Crippen molar-refractivity contribution in [2.75, 3.05) is 7.11 Å². The molecule has 0 atom stereocenters. The van der Waals surface area contributed by atoms with E-state index in [9.17, 15) is 13.2 Å². The van der Waals surface area contributed by atoms with Crippen molar-refractivity contribution < 1.29 is 17.9 Å². The third kappa shape index (κ3) is 3.68. The molecule has 0 aliphatic carbocycles. The molecule has 0 unspecified atom stereocenters. The lowest BCUT2D eigenvalue weighted by Gasteiger charge is -2.12. The van der Waals surface area contributed by atoms with Crippen LogP contribution in [0.15, 0.2) is 83.8 Å². The van der Waals surface area contributed by atoms with Gasteiger partial charge in [-0.1, -0.05) is 54.6 Å². The maximum atomic E-state index is 13.0. The molecule has 0 saturated carbocycles. The molecule has 5 heteroatoms. The van der Waals surface area contributed by atoms with Crippen LogP contribution in [-0.2, 0) is 15.6 Å². The molecule has 0 amide bonds. The van der Waals surface area contributed by atoms with Crippen LogP contribution in [0.4, 0.5) is 0 Å². The molecule has 132 valence electrons. The van der Waals surface area contributed by atoms with Gasteiger partial charge in [0, 0.05) is 5.56 Å². The Morgan fingerprint density at radius 3 is 2.08 bits per heavy atom. The zero-order valence-electron chi connectivity index (χ0n) is 14.3. The Bertz CT molecular complexity index is 1020. The summed E-state index contributed by atoms with van der Waals surface area (Å²) in [5.74, 6) is -0.0480. The van der Waals surface area contributed by atoms with Gasteiger partial charge in [-0.05, 0) is 29.8 Å². The first-order valence-electron chi connectivity index (χ1n) is 8.06. The van der Waals surface area contributed by atoms with E-state index in [4.69, 9.17) is 4.74 Å². The van der Waals surface area contributed by atoms with E-state index in [1.165, 1.54) is 7.11 Å². The normalized spacial score (nSPS) is 11.1. The van der Waals surface area contributed by atoms with E-state index in [1.807, 2.05) is 0 Å². The number of carbonyl (C=O) groups is 1. The zero-order chi connectivity index (χ0) is 18.6. The minimum atomic E-state index is -3.55. The van der Waals surface area contributed by atoms with Gasteiger partial charge in [-0.3, -0.25) is 4.79 Å². The van der Waals surface area contributed by atoms with Gasteiger partial charge in [-0.25, -0.2) is 8.42 Å². The molecule has 0 fully saturated rings. The van der Waals surface area contributed by atoms with Gasteiger partial charge in [-0.15, -0.1) is 0 Å². The molecule has 0 saturated heterocycles. The largest absolute Gasteiger partial charge is 0.496 e. The molecular formula is C21H18O4S. The number of ether oxygens (including phenoxy) is 1. The van der Waals surface area contributed by atoms with Crippen LogP contribution in [0.3, 0.4) is 0 Å². The van der Waals surface area contributed by atoms with Crippen LogP contribution in [0.5, 0.6) is 5.75 Å². The van der Waals surface area contributed by atoms with Crippen LogP contribution in [0, 0.1) is 0 Å². The first-order chi connectivity index (χ1) is 12.5. The Balaban J connectivity index is 2.00. The minimum absolute atomic E-state index is 0.236. The van der Waals surface area contributed by atoms with Crippen LogP contribution in [0.25, 0.3) is 0 Å². The highest BCUT2D eigenvalue weighted by Crippen LogP contribution is 2.25. The molecule has 0 N–H and O–H groups in total. The van der Waals surface area contributed by atoms with E-state index in [1.54, 1.807) is 78.9 Å². The molecule has 0 aromatic heterocycles. The summed E-state index contributed by atoms with van der Waals surface area (Å²) in [6, 6.07) is 21.9. The highest BCUT2D eigenvalue weighted by atomic mass is 32.2. The second kappa shape index (κ2) is 7.54. The average molecular weight is 366 g/mol. The van der Waals surface area contributed by atoms with Gasteiger partial charge in [-0.2, -0.15) is 0 Å². The van der Waals surface area contributed by atoms with E-state index >= 15 is 0 Å². The summed E-state index contributed by atoms with van der Waals surface area (Å²) in [6.07, 6.45) is 0. The van der Waals surface area contributed by atoms with Crippen LogP contribution < -0.4 is 4.74 Å². The maximum Gasteiger partial charge on any atom is 0.197 e. The number of sulfone groups is 1. The van der Waals surface area contributed by atoms with Gasteiger partial charge < -0.3 is 4.74 Å². The van der Waals surface area contributed by atoms with Crippen molar-refractivity contribution >= 4 is 15.6 Å². The fourth-order valence-electron chi connectivity index (χ4n) is 2.76. The summed E-state index contributed by atoms with van der Waals surface area (Å²) in [5.41, 5.74) is 1.23. The van der Waals surface area contributed by atoms with Crippen LogP contribution in [0.2, 0.25) is 0 Å². The molecule has 0 bridgehead atoms. The lowest BCUT2D eigenvalue weighted by Crippen LogP contribution is -2.11. The van der Waals surface area contributed by atoms with Crippen LogP contribution >= 0.6 is 0 Å². The molecule has 3 aromatic rings. The van der Waals surface area contributed by atoms with Crippen molar-refractivity contribution in [2.24, 2.45) is 0 Å². The fraction of sp³-hybridized carbons (Fsp3) is 0.0952. The Morgan fingerprint density at radius 1 is 0.808 bits per heavy atom.